The predicted molar refractivity (Wildman–Crippen MR) is 108 cm³/mol. The number of hydrogen-bond acceptors (Lipinski definition) is 9. The van der Waals surface area contributed by atoms with Gasteiger partial charge >= 0.3 is 5.97 Å². The summed E-state index contributed by atoms with van der Waals surface area (Å²) >= 11 is 0. The Labute approximate surface area is 168 Å². The van der Waals surface area contributed by atoms with Crippen LogP contribution in [0, 0.1) is 0 Å². The molecule has 0 aliphatic heterocycles. The van der Waals surface area contributed by atoms with Gasteiger partial charge in [0, 0.05) is 17.4 Å². The van der Waals surface area contributed by atoms with Crippen molar-refractivity contribution in [3.05, 3.63) is 54.2 Å². The van der Waals surface area contributed by atoms with Gasteiger partial charge in [-0.1, -0.05) is 0 Å². The quantitative estimate of drug-likeness (QED) is 0.554. The summed E-state index contributed by atoms with van der Waals surface area (Å²) in [4.78, 5) is 16.1. The van der Waals surface area contributed by atoms with Crippen molar-refractivity contribution in [2.24, 2.45) is 0 Å². The fraction of sp³-hybridized carbons (Fsp3) is 0.200. The topological polar surface area (TPSA) is 107 Å². The van der Waals surface area contributed by atoms with Gasteiger partial charge < -0.3 is 24.8 Å². The number of carbonyl (C=O) groups is 1. The van der Waals surface area contributed by atoms with E-state index in [9.17, 15) is 4.79 Å². The number of rotatable bonds is 8. The first-order valence-corrected chi connectivity index (χ1v) is 8.86. The molecule has 2 N–H and O–H groups in total. The Bertz CT molecular complexity index is 979. The van der Waals surface area contributed by atoms with E-state index >= 15 is 0 Å². The molecule has 0 spiro atoms. The van der Waals surface area contributed by atoms with Gasteiger partial charge in [0.15, 0.2) is 17.3 Å². The third kappa shape index (κ3) is 5.10. The molecule has 0 aliphatic rings. The number of nitrogens with one attached hydrogen (secondary N) is 2. The van der Waals surface area contributed by atoms with Crippen LogP contribution in [-0.2, 0) is 4.74 Å². The van der Waals surface area contributed by atoms with Crippen LogP contribution < -0.4 is 20.1 Å². The summed E-state index contributed by atoms with van der Waals surface area (Å²) in [5, 5.41) is 14.1. The molecule has 0 atom stereocenters. The Balaban J connectivity index is 1.70. The summed E-state index contributed by atoms with van der Waals surface area (Å²) in [6, 6.07) is 12.2. The lowest BCUT2D eigenvalue weighted by atomic mass is 10.2. The summed E-state index contributed by atoms with van der Waals surface area (Å²) in [6.07, 6.45) is 1.50. The number of methoxy groups -OCH3 is 2. The lowest BCUT2D eigenvalue weighted by Gasteiger charge is -2.11. The Morgan fingerprint density at radius 2 is 1.69 bits per heavy atom. The zero-order valence-electron chi connectivity index (χ0n) is 16.3. The van der Waals surface area contributed by atoms with Crippen molar-refractivity contribution in [3.8, 4) is 11.5 Å². The molecule has 0 unspecified atom stereocenters. The minimum atomic E-state index is -0.357. The van der Waals surface area contributed by atoms with E-state index in [2.05, 4.69) is 25.8 Å². The number of aromatic nitrogens is 3. The van der Waals surface area contributed by atoms with E-state index in [4.69, 9.17) is 14.2 Å². The van der Waals surface area contributed by atoms with Crippen LogP contribution in [0.3, 0.4) is 0 Å². The van der Waals surface area contributed by atoms with Crippen LogP contribution in [0.15, 0.2) is 48.7 Å². The van der Waals surface area contributed by atoms with Gasteiger partial charge in [0.05, 0.1) is 32.6 Å². The zero-order chi connectivity index (χ0) is 20.6. The van der Waals surface area contributed by atoms with Gasteiger partial charge in [0.2, 0.25) is 5.95 Å². The molecule has 29 heavy (non-hydrogen) atoms. The molecular formula is C20H21N5O4. The second-order valence-electron chi connectivity index (χ2n) is 5.78. The predicted octanol–water partition coefficient (Wildman–Crippen LogP) is 3.55. The molecule has 3 rings (SSSR count). The zero-order valence-corrected chi connectivity index (χ0v) is 16.3. The highest BCUT2D eigenvalue weighted by Gasteiger charge is 2.08. The van der Waals surface area contributed by atoms with E-state index < -0.39 is 0 Å². The Morgan fingerprint density at radius 3 is 2.38 bits per heavy atom. The molecule has 0 saturated carbocycles. The first kappa shape index (κ1) is 19.9. The molecule has 3 aromatic rings. The molecule has 2 aromatic carbocycles. The van der Waals surface area contributed by atoms with Crippen molar-refractivity contribution in [1.29, 1.82) is 0 Å². The van der Waals surface area contributed by atoms with Gasteiger partial charge in [-0.05, 0) is 43.3 Å². The molecule has 0 saturated heterocycles. The Kier molecular flexibility index (Phi) is 6.41. The molecule has 9 heteroatoms. The van der Waals surface area contributed by atoms with E-state index in [-0.39, 0.29) is 5.97 Å². The van der Waals surface area contributed by atoms with E-state index in [1.54, 1.807) is 57.5 Å². The summed E-state index contributed by atoms with van der Waals surface area (Å²) in [5.74, 6) is 1.65. The molecule has 0 bridgehead atoms. The van der Waals surface area contributed by atoms with E-state index in [1.165, 1.54) is 6.20 Å². The first-order valence-electron chi connectivity index (χ1n) is 8.86. The van der Waals surface area contributed by atoms with E-state index in [1.807, 2.05) is 6.07 Å². The average molecular weight is 395 g/mol. The highest BCUT2D eigenvalue weighted by atomic mass is 16.5. The second kappa shape index (κ2) is 9.36. The number of nitrogens with zero attached hydrogens (tertiary/aromatic N) is 3. The lowest BCUT2D eigenvalue weighted by molar-refractivity contribution is 0.0526. The molecular weight excluding hydrogens is 374 g/mol. The van der Waals surface area contributed by atoms with Gasteiger partial charge in [0.1, 0.15) is 0 Å². The molecule has 0 amide bonds. The number of ether oxygens (including phenoxy) is 3. The molecule has 0 fully saturated rings. The van der Waals surface area contributed by atoms with Crippen molar-refractivity contribution in [2.45, 2.75) is 6.92 Å². The van der Waals surface area contributed by atoms with Crippen molar-refractivity contribution < 1.29 is 19.0 Å². The van der Waals surface area contributed by atoms with Crippen molar-refractivity contribution in [1.82, 2.24) is 15.2 Å². The van der Waals surface area contributed by atoms with Crippen molar-refractivity contribution >= 4 is 29.1 Å². The third-order valence-corrected chi connectivity index (χ3v) is 3.87. The highest BCUT2D eigenvalue weighted by Crippen LogP contribution is 2.30. The number of anilines is 4. The van der Waals surface area contributed by atoms with Crippen molar-refractivity contribution in [2.75, 3.05) is 31.5 Å². The summed E-state index contributed by atoms with van der Waals surface area (Å²) < 4.78 is 15.5. The van der Waals surface area contributed by atoms with Crippen LogP contribution in [0.1, 0.15) is 17.3 Å². The first-order chi connectivity index (χ1) is 14.1. The van der Waals surface area contributed by atoms with Crippen molar-refractivity contribution in [3.63, 3.8) is 0 Å². The molecule has 0 aliphatic carbocycles. The average Bonchev–Trinajstić information content (AvgIpc) is 2.74. The lowest BCUT2D eigenvalue weighted by Crippen LogP contribution is -2.05. The fourth-order valence-electron chi connectivity index (χ4n) is 2.51. The smallest absolute Gasteiger partial charge is 0.338 e. The van der Waals surface area contributed by atoms with Crippen LogP contribution >= 0.6 is 0 Å². The summed E-state index contributed by atoms with van der Waals surface area (Å²) in [6.45, 7) is 2.10. The minimum absolute atomic E-state index is 0.311. The maximum absolute atomic E-state index is 11.7. The summed E-state index contributed by atoms with van der Waals surface area (Å²) in [7, 11) is 3.14. The second-order valence-corrected chi connectivity index (χ2v) is 5.78. The van der Waals surface area contributed by atoms with Crippen LogP contribution in [0.4, 0.5) is 23.1 Å². The fourth-order valence-corrected chi connectivity index (χ4v) is 2.51. The molecule has 0 radical (unpaired) electrons. The van der Waals surface area contributed by atoms with E-state index in [0.29, 0.717) is 35.4 Å². The Hall–Kier alpha value is -3.88. The standard InChI is InChI=1S/C20H21N5O4/c1-4-29-19(26)13-5-7-14(8-6-13)22-18-12-21-25-20(24-18)23-15-9-10-16(27-2)17(11-15)28-3/h5-12H,4H2,1-3H3,(H2,22,23,24,25). The maximum Gasteiger partial charge on any atom is 0.338 e. The van der Waals surface area contributed by atoms with Gasteiger partial charge in [-0.3, -0.25) is 0 Å². The SMILES string of the molecule is CCOC(=O)c1ccc(Nc2cnnc(Nc3ccc(OC)c(OC)c3)n2)cc1. The van der Waals surface area contributed by atoms with Gasteiger partial charge in [-0.25, -0.2) is 4.79 Å². The number of hydrogen-bond donors (Lipinski definition) is 2. The maximum atomic E-state index is 11.7. The number of carbonyl (C=O) groups excluding carboxylic acids is 1. The van der Waals surface area contributed by atoms with Crippen LogP contribution in [0.25, 0.3) is 0 Å². The molecule has 1 aromatic heterocycles. The number of benzene rings is 2. The molecule has 1 heterocycles. The monoisotopic (exact) mass is 395 g/mol. The minimum Gasteiger partial charge on any atom is -0.493 e. The van der Waals surface area contributed by atoms with Gasteiger partial charge in [-0.2, -0.15) is 10.1 Å². The normalized spacial score (nSPS) is 10.2. The van der Waals surface area contributed by atoms with Crippen LogP contribution in [0.5, 0.6) is 11.5 Å². The van der Waals surface area contributed by atoms with Gasteiger partial charge in [0.25, 0.3) is 0 Å². The highest BCUT2D eigenvalue weighted by molar-refractivity contribution is 5.89. The molecule has 150 valence electrons. The largest absolute Gasteiger partial charge is 0.493 e. The van der Waals surface area contributed by atoms with Gasteiger partial charge in [-0.15, -0.1) is 5.10 Å². The summed E-state index contributed by atoms with van der Waals surface area (Å²) in [5.41, 5.74) is 1.95. The van der Waals surface area contributed by atoms with Crippen LogP contribution in [-0.4, -0.2) is 42.0 Å². The molecule has 9 nitrogen and oxygen atoms in total. The van der Waals surface area contributed by atoms with E-state index in [0.717, 1.165) is 11.4 Å². The third-order valence-electron chi connectivity index (χ3n) is 3.87. The number of esters is 1. The van der Waals surface area contributed by atoms with Crippen LogP contribution in [0.2, 0.25) is 0 Å². The Morgan fingerprint density at radius 1 is 0.966 bits per heavy atom.